The number of hydrogen-bond donors (Lipinski definition) is 2. The Morgan fingerprint density at radius 3 is 2.70 bits per heavy atom. The van der Waals surface area contributed by atoms with Crippen LogP contribution in [0.15, 0.2) is 23.0 Å². The number of furan rings is 1. The highest BCUT2D eigenvalue weighted by atomic mass is 16.4. The summed E-state index contributed by atoms with van der Waals surface area (Å²) in [7, 11) is 1.54. The molecule has 0 spiro atoms. The van der Waals surface area contributed by atoms with Crippen LogP contribution in [0.3, 0.4) is 0 Å². The molecule has 0 radical (unpaired) electrons. The Labute approximate surface area is 116 Å². The SMILES string of the molecule is CC(CN(C)C(=O)CCNC(=O)c1ccoc1)C(=O)O. The Balaban J connectivity index is 2.29. The number of carboxylic acid groups (broad SMARTS) is 1. The second kappa shape index (κ2) is 7.32. The third-order valence-corrected chi connectivity index (χ3v) is 2.80. The van der Waals surface area contributed by atoms with E-state index in [0.717, 1.165) is 0 Å². The molecule has 0 aliphatic carbocycles. The lowest BCUT2D eigenvalue weighted by Gasteiger charge is -2.19. The summed E-state index contributed by atoms with van der Waals surface area (Å²) in [5.41, 5.74) is 0.394. The van der Waals surface area contributed by atoms with Gasteiger partial charge >= 0.3 is 5.97 Å². The quantitative estimate of drug-likeness (QED) is 0.762. The van der Waals surface area contributed by atoms with Gasteiger partial charge in [-0.2, -0.15) is 0 Å². The van der Waals surface area contributed by atoms with Gasteiger partial charge in [-0.3, -0.25) is 14.4 Å². The lowest BCUT2D eigenvalue weighted by molar-refractivity contribution is -0.142. The first-order valence-corrected chi connectivity index (χ1v) is 6.19. The molecule has 0 aromatic carbocycles. The fourth-order valence-electron chi connectivity index (χ4n) is 1.56. The standard InChI is InChI=1S/C13H18N2O5/c1-9(13(18)19)7-15(2)11(16)3-5-14-12(17)10-4-6-20-8-10/h4,6,8-9H,3,5,7H2,1-2H3,(H,14,17)(H,18,19). The molecule has 2 N–H and O–H groups in total. The molecule has 2 amide bonds. The van der Waals surface area contributed by atoms with Crippen LogP contribution in [-0.4, -0.2) is 47.9 Å². The van der Waals surface area contributed by atoms with Crippen LogP contribution >= 0.6 is 0 Å². The molecule has 7 nitrogen and oxygen atoms in total. The summed E-state index contributed by atoms with van der Waals surface area (Å²) in [5.74, 6) is -2.10. The number of hydrogen-bond acceptors (Lipinski definition) is 4. The molecule has 1 heterocycles. The predicted molar refractivity (Wildman–Crippen MR) is 70.1 cm³/mol. The fourth-order valence-corrected chi connectivity index (χ4v) is 1.56. The van der Waals surface area contributed by atoms with Gasteiger partial charge < -0.3 is 19.7 Å². The zero-order valence-corrected chi connectivity index (χ0v) is 11.5. The normalized spacial score (nSPS) is 11.7. The summed E-state index contributed by atoms with van der Waals surface area (Å²) >= 11 is 0. The number of carboxylic acids is 1. The summed E-state index contributed by atoms with van der Waals surface area (Å²) in [5, 5.41) is 11.3. The first kappa shape index (κ1) is 15.7. The molecule has 0 fully saturated rings. The van der Waals surface area contributed by atoms with Crippen LogP contribution in [0.25, 0.3) is 0 Å². The van der Waals surface area contributed by atoms with Gasteiger partial charge in [-0.1, -0.05) is 6.92 Å². The van der Waals surface area contributed by atoms with E-state index in [-0.39, 0.29) is 31.3 Å². The van der Waals surface area contributed by atoms with Crippen molar-refractivity contribution in [3.63, 3.8) is 0 Å². The zero-order chi connectivity index (χ0) is 15.1. The van der Waals surface area contributed by atoms with Gasteiger partial charge in [-0.15, -0.1) is 0 Å². The molecule has 0 aliphatic rings. The van der Waals surface area contributed by atoms with Crippen molar-refractivity contribution in [2.24, 2.45) is 5.92 Å². The van der Waals surface area contributed by atoms with Crippen molar-refractivity contribution in [3.8, 4) is 0 Å². The predicted octanol–water partition coefficient (Wildman–Crippen LogP) is 0.579. The summed E-state index contributed by atoms with van der Waals surface area (Å²) in [6.07, 6.45) is 2.82. The largest absolute Gasteiger partial charge is 0.481 e. The number of rotatable bonds is 7. The maximum atomic E-state index is 11.7. The van der Waals surface area contributed by atoms with Crippen LogP contribution in [0, 0.1) is 5.92 Å². The molecule has 110 valence electrons. The molecule has 1 unspecified atom stereocenters. The van der Waals surface area contributed by atoms with Crippen molar-refractivity contribution < 1.29 is 23.9 Å². The zero-order valence-electron chi connectivity index (χ0n) is 11.5. The number of nitrogens with one attached hydrogen (secondary N) is 1. The van der Waals surface area contributed by atoms with Crippen molar-refractivity contribution in [1.29, 1.82) is 0 Å². The van der Waals surface area contributed by atoms with E-state index in [1.807, 2.05) is 0 Å². The van der Waals surface area contributed by atoms with Gasteiger partial charge in [0.1, 0.15) is 6.26 Å². The van der Waals surface area contributed by atoms with Crippen LogP contribution in [0.2, 0.25) is 0 Å². The molecular weight excluding hydrogens is 264 g/mol. The Kier molecular flexibility index (Phi) is 5.76. The van der Waals surface area contributed by atoms with E-state index in [1.165, 1.54) is 30.4 Å². The highest BCUT2D eigenvalue weighted by molar-refractivity contribution is 5.94. The van der Waals surface area contributed by atoms with Gasteiger partial charge in [0.2, 0.25) is 5.91 Å². The third-order valence-electron chi connectivity index (χ3n) is 2.80. The van der Waals surface area contributed by atoms with Gasteiger partial charge in [-0.05, 0) is 6.07 Å². The lowest BCUT2D eigenvalue weighted by Crippen LogP contribution is -2.36. The van der Waals surface area contributed by atoms with E-state index in [4.69, 9.17) is 9.52 Å². The Morgan fingerprint density at radius 1 is 1.45 bits per heavy atom. The van der Waals surface area contributed by atoms with Crippen molar-refractivity contribution in [2.75, 3.05) is 20.1 Å². The minimum absolute atomic E-state index is 0.117. The fraction of sp³-hybridized carbons (Fsp3) is 0.462. The molecule has 1 aromatic rings. The molecule has 0 aliphatic heterocycles. The molecule has 0 saturated carbocycles. The van der Waals surface area contributed by atoms with Crippen molar-refractivity contribution >= 4 is 17.8 Å². The van der Waals surface area contributed by atoms with Crippen LogP contribution < -0.4 is 5.32 Å². The van der Waals surface area contributed by atoms with E-state index in [1.54, 1.807) is 7.05 Å². The van der Waals surface area contributed by atoms with Crippen molar-refractivity contribution in [1.82, 2.24) is 10.2 Å². The number of nitrogens with zero attached hydrogens (tertiary/aromatic N) is 1. The molecule has 1 aromatic heterocycles. The van der Waals surface area contributed by atoms with E-state index in [2.05, 4.69) is 5.32 Å². The van der Waals surface area contributed by atoms with E-state index in [9.17, 15) is 14.4 Å². The maximum absolute atomic E-state index is 11.7. The highest BCUT2D eigenvalue weighted by Gasteiger charge is 2.17. The van der Waals surface area contributed by atoms with Gasteiger partial charge in [0, 0.05) is 26.6 Å². The average Bonchev–Trinajstić information content (AvgIpc) is 2.91. The van der Waals surface area contributed by atoms with Crippen molar-refractivity contribution in [3.05, 3.63) is 24.2 Å². The number of carbonyl (C=O) groups excluding carboxylic acids is 2. The first-order chi connectivity index (χ1) is 9.41. The molecular formula is C13H18N2O5. The molecule has 20 heavy (non-hydrogen) atoms. The molecule has 1 atom stereocenters. The van der Waals surface area contributed by atoms with Crippen LogP contribution in [0.4, 0.5) is 0 Å². The monoisotopic (exact) mass is 282 g/mol. The van der Waals surface area contributed by atoms with Gasteiger partial charge in [0.25, 0.3) is 5.91 Å². The summed E-state index contributed by atoms with van der Waals surface area (Å²) in [6.45, 7) is 1.87. The topological polar surface area (TPSA) is 99.9 Å². The van der Waals surface area contributed by atoms with Gasteiger partial charge in [0.15, 0.2) is 0 Å². The van der Waals surface area contributed by atoms with Gasteiger partial charge in [0.05, 0.1) is 17.7 Å². The number of amides is 2. The molecule has 0 bridgehead atoms. The molecule has 1 rings (SSSR count). The van der Waals surface area contributed by atoms with Crippen LogP contribution in [0.5, 0.6) is 0 Å². The first-order valence-electron chi connectivity index (χ1n) is 6.19. The van der Waals surface area contributed by atoms with Gasteiger partial charge in [-0.25, -0.2) is 0 Å². The number of aliphatic carboxylic acids is 1. The average molecular weight is 282 g/mol. The van der Waals surface area contributed by atoms with E-state index >= 15 is 0 Å². The second-order valence-corrected chi connectivity index (χ2v) is 4.53. The number of carbonyl (C=O) groups is 3. The summed E-state index contributed by atoms with van der Waals surface area (Å²) in [4.78, 5) is 35.3. The second-order valence-electron chi connectivity index (χ2n) is 4.53. The molecule has 7 heteroatoms. The summed E-state index contributed by atoms with van der Waals surface area (Å²) in [6, 6.07) is 1.53. The third kappa shape index (κ3) is 4.75. The van der Waals surface area contributed by atoms with Crippen molar-refractivity contribution in [2.45, 2.75) is 13.3 Å². The maximum Gasteiger partial charge on any atom is 0.308 e. The minimum atomic E-state index is -0.946. The molecule has 0 saturated heterocycles. The Morgan fingerprint density at radius 2 is 2.15 bits per heavy atom. The smallest absolute Gasteiger partial charge is 0.308 e. The highest BCUT2D eigenvalue weighted by Crippen LogP contribution is 2.01. The van der Waals surface area contributed by atoms with E-state index in [0.29, 0.717) is 5.56 Å². The van der Waals surface area contributed by atoms with E-state index < -0.39 is 11.9 Å². The Bertz CT molecular complexity index is 469. The summed E-state index contributed by atoms with van der Waals surface area (Å²) < 4.78 is 4.78. The Hall–Kier alpha value is -2.31. The van der Waals surface area contributed by atoms with Crippen LogP contribution in [0.1, 0.15) is 23.7 Å². The van der Waals surface area contributed by atoms with Crippen LogP contribution in [-0.2, 0) is 9.59 Å². The lowest BCUT2D eigenvalue weighted by atomic mass is 10.1. The minimum Gasteiger partial charge on any atom is -0.481 e.